The summed E-state index contributed by atoms with van der Waals surface area (Å²) in [7, 11) is 1.47. The highest BCUT2D eigenvalue weighted by Gasteiger charge is 2.16. The lowest BCUT2D eigenvalue weighted by molar-refractivity contribution is -0.139. The van der Waals surface area contributed by atoms with E-state index in [9.17, 15) is 14.4 Å². The number of ether oxygens (including phenoxy) is 2. The normalized spacial score (nSPS) is 11.4. The monoisotopic (exact) mass is 474 g/mol. The van der Waals surface area contributed by atoms with Crippen LogP contribution >= 0.6 is 0 Å². The Bertz CT molecular complexity index is 1180. The first-order valence-electron chi connectivity index (χ1n) is 10.8. The predicted octanol–water partition coefficient (Wildman–Crippen LogP) is 3.04. The minimum absolute atomic E-state index is 0.203. The number of para-hydroxylation sites is 1. The molecular formula is C26H26N4O5. The van der Waals surface area contributed by atoms with Gasteiger partial charge in [-0.15, -0.1) is 0 Å². The van der Waals surface area contributed by atoms with Gasteiger partial charge in [0.25, 0.3) is 5.91 Å². The van der Waals surface area contributed by atoms with Crippen LogP contribution in [0.3, 0.4) is 0 Å². The molecule has 0 saturated carbocycles. The largest absolute Gasteiger partial charge is 0.493 e. The minimum Gasteiger partial charge on any atom is -0.493 e. The molecule has 3 N–H and O–H groups in total. The van der Waals surface area contributed by atoms with Gasteiger partial charge in [0.15, 0.2) is 18.1 Å². The van der Waals surface area contributed by atoms with Crippen LogP contribution in [0.1, 0.15) is 24.1 Å². The lowest BCUT2D eigenvalue weighted by Gasteiger charge is -2.13. The van der Waals surface area contributed by atoms with Crippen molar-refractivity contribution in [3.63, 3.8) is 0 Å². The van der Waals surface area contributed by atoms with E-state index in [0.29, 0.717) is 22.7 Å². The third-order valence-electron chi connectivity index (χ3n) is 4.84. The molecule has 1 unspecified atom stereocenters. The zero-order chi connectivity index (χ0) is 25.0. The fourth-order valence-electron chi connectivity index (χ4n) is 3.05. The van der Waals surface area contributed by atoms with Gasteiger partial charge in [-0.1, -0.05) is 48.5 Å². The van der Waals surface area contributed by atoms with Gasteiger partial charge >= 0.3 is 11.8 Å². The number of amides is 3. The van der Waals surface area contributed by atoms with Gasteiger partial charge in [0, 0.05) is 5.69 Å². The molecule has 3 rings (SSSR count). The molecule has 0 aliphatic rings. The summed E-state index contributed by atoms with van der Waals surface area (Å²) in [5.41, 5.74) is 4.33. The molecule has 3 aromatic carbocycles. The van der Waals surface area contributed by atoms with Crippen molar-refractivity contribution in [2.45, 2.75) is 13.0 Å². The molecule has 0 heterocycles. The summed E-state index contributed by atoms with van der Waals surface area (Å²) in [6, 6.07) is 22.9. The third-order valence-corrected chi connectivity index (χ3v) is 4.84. The predicted molar refractivity (Wildman–Crippen MR) is 132 cm³/mol. The summed E-state index contributed by atoms with van der Waals surface area (Å²) in [5.74, 6) is -1.26. The van der Waals surface area contributed by atoms with Crippen molar-refractivity contribution in [2.24, 2.45) is 5.10 Å². The molecule has 3 aromatic rings. The Kier molecular flexibility index (Phi) is 8.95. The van der Waals surface area contributed by atoms with E-state index in [0.717, 1.165) is 5.56 Å². The van der Waals surface area contributed by atoms with Crippen molar-refractivity contribution in [1.29, 1.82) is 0 Å². The summed E-state index contributed by atoms with van der Waals surface area (Å²) in [6.07, 6.45) is 1.36. The highest BCUT2D eigenvalue weighted by atomic mass is 16.5. The summed E-state index contributed by atoms with van der Waals surface area (Å²) in [4.78, 5) is 36.2. The zero-order valence-corrected chi connectivity index (χ0v) is 19.4. The fraction of sp³-hybridized carbons (Fsp3) is 0.154. The number of hydrogen-bond acceptors (Lipinski definition) is 6. The van der Waals surface area contributed by atoms with Gasteiger partial charge in [0.05, 0.1) is 19.4 Å². The van der Waals surface area contributed by atoms with E-state index in [1.165, 1.54) is 13.3 Å². The smallest absolute Gasteiger partial charge is 0.329 e. The van der Waals surface area contributed by atoms with Crippen molar-refractivity contribution in [2.75, 3.05) is 19.0 Å². The second kappa shape index (κ2) is 12.5. The zero-order valence-electron chi connectivity index (χ0n) is 19.4. The van der Waals surface area contributed by atoms with Gasteiger partial charge in [-0.2, -0.15) is 5.10 Å². The van der Waals surface area contributed by atoms with Crippen LogP contribution < -0.4 is 25.5 Å². The average molecular weight is 475 g/mol. The van der Waals surface area contributed by atoms with Crippen LogP contribution in [0.4, 0.5) is 5.69 Å². The number of nitrogens with one attached hydrogen (secondary N) is 3. The Morgan fingerprint density at radius 3 is 2.29 bits per heavy atom. The highest BCUT2D eigenvalue weighted by molar-refractivity contribution is 6.35. The fourth-order valence-corrected chi connectivity index (χ4v) is 3.05. The second-order valence-corrected chi connectivity index (χ2v) is 7.42. The molecule has 0 aromatic heterocycles. The van der Waals surface area contributed by atoms with Crippen molar-refractivity contribution in [1.82, 2.24) is 10.7 Å². The standard InChI is InChI=1S/C26H26N4O5/c1-18(20-9-5-3-6-10-20)28-25(32)26(33)30-27-16-19-13-14-22(23(15-19)34-2)35-17-24(31)29-21-11-7-4-8-12-21/h3-16,18H,17H2,1-2H3,(H,28,32)(H,29,31)(H,30,33). The average Bonchev–Trinajstić information content (AvgIpc) is 2.88. The number of benzene rings is 3. The lowest BCUT2D eigenvalue weighted by atomic mass is 10.1. The van der Waals surface area contributed by atoms with E-state index >= 15 is 0 Å². The Balaban J connectivity index is 1.50. The number of hydrogen-bond donors (Lipinski definition) is 3. The van der Waals surface area contributed by atoms with Crippen LogP contribution in [-0.4, -0.2) is 37.7 Å². The Morgan fingerprint density at radius 2 is 1.60 bits per heavy atom. The van der Waals surface area contributed by atoms with E-state index in [-0.39, 0.29) is 18.6 Å². The molecule has 0 saturated heterocycles. The maximum atomic E-state index is 12.1. The molecule has 3 amide bonds. The maximum Gasteiger partial charge on any atom is 0.329 e. The second-order valence-electron chi connectivity index (χ2n) is 7.42. The number of rotatable bonds is 9. The Labute approximate surface area is 203 Å². The van der Waals surface area contributed by atoms with Crippen LogP contribution in [-0.2, 0) is 14.4 Å². The molecule has 1 atom stereocenters. The van der Waals surface area contributed by atoms with E-state index in [1.807, 2.05) is 48.5 Å². The van der Waals surface area contributed by atoms with Gasteiger partial charge < -0.3 is 20.1 Å². The Hall–Kier alpha value is -4.66. The lowest BCUT2D eigenvalue weighted by Crippen LogP contribution is -2.39. The van der Waals surface area contributed by atoms with E-state index < -0.39 is 11.8 Å². The molecule has 35 heavy (non-hydrogen) atoms. The molecule has 9 heteroatoms. The molecule has 9 nitrogen and oxygen atoms in total. The third kappa shape index (κ3) is 7.71. The molecule has 0 radical (unpaired) electrons. The topological polar surface area (TPSA) is 118 Å². The molecule has 0 aliphatic heterocycles. The highest BCUT2D eigenvalue weighted by Crippen LogP contribution is 2.27. The number of methoxy groups -OCH3 is 1. The van der Waals surface area contributed by atoms with E-state index in [2.05, 4.69) is 21.2 Å². The molecule has 0 fully saturated rings. The summed E-state index contributed by atoms with van der Waals surface area (Å²) in [5, 5.41) is 9.17. The van der Waals surface area contributed by atoms with Gasteiger partial charge in [0.1, 0.15) is 0 Å². The van der Waals surface area contributed by atoms with Gasteiger partial charge in [-0.05, 0) is 48.4 Å². The van der Waals surface area contributed by atoms with E-state index in [1.54, 1.807) is 37.3 Å². The molecule has 0 aliphatic carbocycles. The number of anilines is 1. The number of carbonyl (C=O) groups is 3. The van der Waals surface area contributed by atoms with Gasteiger partial charge in [-0.25, -0.2) is 5.43 Å². The quantitative estimate of drug-likeness (QED) is 0.250. The van der Waals surface area contributed by atoms with Crippen LogP contribution in [0.5, 0.6) is 11.5 Å². The maximum absolute atomic E-state index is 12.1. The van der Waals surface area contributed by atoms with Crippen molar-refractivity contribution >= 4 is 29.6 Å². The van der Waals surface area contributed by atoms with Gasteiger partial charge in [0.2, 0.25) is 0 Å². The number of carbonyl (C=O) groups excluding carboxylic acids is 3. The molecule has 180 valence electrons. The van der Waals surface area contributed by atoms with E-state index in [4.69, 9.17) is 9.47 Å². The van der Waals surface area contributed by atoms with Crippen LogP contribution in [0.2, 0.25) is 0 Å². The first-order chi connectivity index (χ1) is 17.0. The first kappa shape index (κ1) is 25.0. The molecule has 0 spiro atoms. The first-order valence-corrected chi connectivity index (χ1v) is 10.8. The molecule has 0 bridgehead atoms. The summed E-state index contributed by atoms with van der Waals surface area (Å²) < 4.78 is 10.9. The minimum atomic E-state index is -0.889. The van der Waals surface area contributed by atoms with Crippen LogP contribution in [0, 0.1) is 0 Å². The number of nitrogens with zero attached hydrogens (tertiary/aromatic N) is 1. The van der Waals surface area contributed by atoms with Crippen molar-refractivity contribution < 1.29 is 23.9 Å². The van der Waals surface area contributed by atoms with Crippen LogP contribution in [0.15, 0.2) is 84.0 Å². The van der Waals surface area contributed by atoms with Gasteiger partial charge in [-0.3, -0.25) is 14.4 Å². The van der Waals surface area contributed by atoms with Crippen molar-refractivity contribution in [3.8, 4) is 11.5 Å². The van der Waals surface area contributed by atoms with Crippen molar-refractivity contribution in [3.05, 3.63) is 90.0 Å². The molecular weight excluding hydrogens is 448 g/mol. The van der Waals surface area contributed by atoms with Crippen LogP contribution in [0.25, 0.3) is 0 Å². The SMILES string of the molecule is COc1cc(C=NNC(=O)C(=O)NC(C)c2ccccc2)ccc1OCC(=O)Nc1ccccc1. The summed E-state index contributed by atoms with van der Waals surface area (Å²) in [6.45, 7) is 1.58. The Morgan fingerprint density at radius 1 is 0.914 bits per heavy atom. The number of hydrazone groups is 1. The summed E-state index contributed by atoms with van der Waals surface area (Å²) >= 11 is 0.